The van der Waals surface area contributed by atoms with Crippen molar-refractivity contribution in [1.29, 1.82) is 0 Å². The Labute approximate surface area is 151 Å². The molecule has 1 unspecified atom stereocenters. The number of morpholine rings is 1. The zero-order valence-corrected chi connectivity index (χ0v) is 15.7. The maximum absolute atomic E-state index is 5.71. The molecule has 1 aromatic rings. The zero-order valence-electron chi connectivity index (χ0n) is 15.7. The molecule has 6 nitrogen and oxygen atoms in total. The Morgan fingerprint density at radius 2 is 2.04 bits per heavy atom. The molecule has 0 aliphatic carbocycles. The third-order valence-electron chi connectivity index (χ3n) is 6.28. The van der Waals surface area contributed by atoms with Crippen molar-refractivity contribution in [2.75, 3.05) is 52.5 Å². The highest BCUT2D eigenvalue weighted by Crippen LogP contribution is 2.42. The van der Waals surface area contributed by atoms with Crippen molar-refractivity contribution >= 4 is 0 Å². The third kappa shape index (κ3) is 3.25. The molecule has 2 fully saturated rings. The summed E-state index contributed by atoms with van der Waals surface area (Å²) in [5.41, 5.74) is 2.88. The first kappa shape index (κ1) is 17.5. The Morgan fingerprint density at radius 1 is 1.20 bits per heavy atom. The minimum Gasteiger partial charge on any atom is -0.381 e. The fraction of sp³-hybridized carbons (Fsp3) is 0.842. The summed E-state index contributed by atoms with van der Waals surface area (Å²) in [5.74, 6) is 0. The van der Waals surface area contributed by atoms with Crippen LogP contribution in [0.2, 0.25) is 0 Å². The fourth-order valence-electron chi connectivity index (χ4n) is 4.88. The summed E-state index contributed by atoms with van der Waals surface area (Å²) >= 11 is 0. The molecule has 1 aromatic heterocycles. The van der Waals surface area contributed by atoms with Crippen LogP contribution in [0.15, 0.2) is 6.33 Å². The van der Waals surface area contributed by atoms with Crippen molar-refractivity contribution in [2.45, 2.75) is 51.3 Å². The number of aryl methyl sites for hydroxylation is 1. The van der Waals surface area contributed by atoms with Crippen LogP contribution in [0.1, 0.15) is 38.1 Å². The molecule has 6 heteroatoms. The molecule has 4 rings (SSSR count). The van der Waals surface area contributed by atoms with E-state index >= 15 is 0 Å². The van der Waals surface area contributed by atoms with E-state index in [0.29, 0.717) is 6.10 Å². The first-order valence-corrected chi connectivity index (χ1v) is 9.94. The zero-order chi connectivity index (χ0) is 17.3. The SMILES string of the molecule is CCn1cnc2c1CCN(CCN1CCOC(C)C1)C21CCOCC1. The van der Waals surface area contributed by atoms with Gasteiger partial charge in [0.05, 0.1) is 30.3 Å². The molecule has 1 spiro atoms. The lowest BCUT2D eigenvalue weighted by Gasteiger charge is -2.49. The first-order valence-electron chi connectivity index (χ1n) is 9.94. The van der Waals surface area contributed by atoms with Gasteiger partial charge in [-0.3, -0.25) is 9.80 Å². The van der Waals surface area contributed by atoms with E-state index in [4.69, 9.17) is 14.5 Å². The van der Waals surface area contributed by atoms with E-state index in [1.54, 1.807) is 0 Å². The molecule has 1 atom stereocenters. The average Bonchev–Trinajstić information content (AvgIpc) is 3.06. The standard InChI is InChI=1S/C19H32N4O2/c1-3-22-15-20-18-17(22)4-7-23(19(18)5-11-24-12-6-19)9-8-21-10-13-25-16(2)14-21/h15-16H,3-14H2,1-2H3. The van der Waals surface area contributed by atoms with Gasteiger partial charge in [-0.15, -0.1) is 0 Å². The lowest BCUT2D eigenvalue weighted by Crippen LogP contribution is -2.56. The van der Waals surface area contributed by atoms with Gasteiger partial charge in [0.15, 0.2) is 0 Å². The number of aromatic nitrogens is 2. The summed E-state index contributed by atoms with van der Waals surface area (Å²) in [6, 6.07) is 0. The summed E-state index contributed by atoms with van der Waals surface area (Å²) in [5, 5.41) is 0. The van der Waals surface area contributed by atoms with Crippen molar-refractivity contribution in [3.63, 3.8) is 0 Å². The van der Waals surface area contributed by atoms with Crippen molar-refractivity contribution in [3.05, 3.63) is 17.7 Å². The number of ether oxygens (including phenoxy) is 2. The van der Waals surface area contributed by atoms with E-state index in [9.17, 15) is 0 Å². The quantitative estimate of drug-likeness (QED) is 0.825. The van der Waals surface area contributed by atoms with Crippen LogP contribution in [-0.4, -0.2) is 78.0 Å². The highest BCUT2D eigenvalue weighted by molar-refractivity contribution is 5.27. The minimum atomic E-state index is 0.0875. The molecule has 25 heavy (non-hydrogen) atoms. The molecule has 140 valence electrons. The maximum Gasteiger partial charge on any atom is 0.0952 e. The lowest BCUT2D eigenvalue weighted by atomic mass is 9.80. The van der Waals surface area contributed by atoms with Gasteiger partial charge in [0.2, 0.25) is 0 Å². The highest BCUT2D eigenvalue weighted by Gasteiger charge is 2.46. The van der Waals surface area contributed by atoms with Gasteiger partial charge in [0.25, 0.3) is 0 Å². The topological polar surface area (TPSA) is 42.8 Å². The van der Waals surface area contributed by atoms with Crippen LogP contribution >= 0.6 is 0 Å². The molecule has 3 aliphatic heterocycles. The second-order valence-electron chi connectivity index (χ2n) is 7.69. The van der Waals surface area contributed by atoms with Crippen LogP contribution < -0.4 is 0 Å². The third-order valence-corrected chi connectivity index (χ3v) is 6.28. The first-order chi connectivity index (χ1) is 12.2. The van der Waals surface area contributed by atoms with Crippen molar-refractivity contribution < 1.29 is 9.47 Å². The summed E-state index contributed by atoms with van der Waals surface area (Å²) in [6.45, 7) is 13.5. The van der Waals surface area contributed by atoms with Gasteiger partial charge in [-0.2, -0.15) is 0 Å². The second kappa shape index (κ2) is 7.35. The number of nitrogens with zero attached hydrogens (tertiary/aromatic N) is 4. The molecular weight excluding hydrogens is 316 g/mol. The minimum absolute atomic E-state index is 0.0875. The maximum atomic E-state index is 5.71. The van der Waals surface area contributed by atoms with Crippen LogP contribution in [0, 0.1) is 0 Å². The van der Waals surface area contributed by atoms with Gasteiger partial charge in [0, 0.05) is 64.6 Å². The largest absolute Gasteiger partial charge is 0.381 e. The summed E-state index contributed by atoms with van der Waals surface area (Å²) in [7, 11) is 0. The average molecular weight is 348 g/mol. The highest BCUT2D eigenvalue weighted by atomic mass is 16.5. The molecule has 0 radical (unpaired) electrons. The molecule has 4 heterocycles. The Kier molecular flexibility index (Phi) is 5.13. The molecule has 0 aromatic carbocycles. The van der Waals surface area contributed by atoms with Gasteiger partial charge in [-0.25, -0.2) is 4.98 Å². The normalized spacial score (nSPS) is 27.5. The van der Waals surface area contributed by atoms with Crippen molar-refractivity contribution in [2.24, 2.45) is 0 Å². The molecule has 0 bridgehead atoms. The summed E-state index contributed by atoms with van der Waals surface area (Å²) in [4.78, 5) is 10.2. The smallest absolute Gasteiger partial charge is 0.0952 e. The fourth-order valence-corrected chi connectivity index (χ4v) is 4.88. The van der Waals surface area contributed by atoms with Crippen molar-refractivity contribution in [3.8, 4) is 0 Å². The van der Waals surface area contributed by atoms with Crippen LogP contribution in [0.4, 0.5) is 0 Å². The van der Waals surface area contributed by atoms with E-state index in [-0.39, 0.29) is 5.54 Å². The number of imidazole rings is 1. The number of rotatable bonds is 4. The molecule has 0 N–H and O–H groups in total. The van der Waals surface area contributed by atoms with E-state index in [0.717, 1.165) is 78.4 Å². The Morgan fingerprint density at radius 3 is 2.80 bits per heavy atom. The Hall–Kier alpha value is -0.950. The predicted octanol–water partition coefficient (Wildman–Crippen LogP) is 1.49. The molecule has 0 saturated carbocycles. The second-order valence-corrected chi connectivity index (χ2v) is 7.69. The van der Waals surface area contributed by atoms with Crippen LogP contribution in [0.5, 0.6) is 0 Å². The van der Waals surface area contributed by atoms with Crippen LogP contribution in [0.3, 0.4) is 0 Å². The molecule has 0 amide bonds. The van der Waals surface area contributed by atoms with Crippen molar-refractivity contribution in [1.82, 2.24) is 19.4 Å². The molecule has 3 aliphatic rings. The Bertz CT molecular complexity index is 582. The monoisotopic (exact) mass is 348 g/mol. The summed E-state index contributed by atoms with van der Waals surface area (Å²) in [6.07, 6.45) is 5.67. The van der Waals surface area contributed by atoms with Crippen LogP contribution in [-0.2, 0) is 28.0 Å². The van der Waals surface area contributed by atoms with Crippen LogP contribution in [0.25, 0.3) is 0 Å². The van der Waals surface area contributed by atoms with Gasteiger partial charge in [-0.1, -0.05) is 0 Å². The summed E-state index contributed by atoms with van der Waals surface area (Å²) < 4.78 is 13.7. The van der Waals surface area contributed by atoms with Gasteiger partial charge in [0.1, 0.15) is 0 Å². The van der Waals surface area contributed by atoms with E-state index < -0.39 is 0 Å². The van der Waals surface area contributed by atoms with E-state index in [1.807, 2.05) is 0 Å². The molecular formula is C19H32N4O2. The number of hydrogen-bond donors (Lipinski definition) is 0. The Balaban J connectivity index is 1.52. The lowest BCUT2D eigenvalue weighted by molar-refractivity contribution is -0.0543. The van der Waals surface area contributed by atoms with E-state index in [2.05, 4.69) is 34.5 Å². The predicted molar refractivity (Wildman–Crippen MR) is 96.8 cm³/mol. The van der Waals surface area contributed by atoms with Gasteiger partial charge >= 0.3 is 0 Å². The van der Waals surface area contributed by atoms with Gasteiger partial charge in [-0.05, 0) is 26.7 Å². The molecule has 2 saturated heterocycles. The van der Waals surface area contributed by atoms with E-state index in [1.165, 1.54) is 11.4 Å². The van der Waals surface area contributed by atoms with Gasteiger partial charge < -0.3 is 14.0 Å². The number of hydrogen-bond acceptors (Lipinski definition) is 5. The number of fused-ring (bicyclic) bond motifs is 2.